The van der Waals surface area contributed by atoms with Crippen molar-refractivity contribution in [1.82, 2.24) is 14.5 Å². The van der Waals surface area contributed by atoms with Crippen LogP contribution in [0.1, 0.15) is 44.8 Å². The molecule has 4 rings (SSSR count). The third-order valence-electron chi connectivity index (χ3n) is 5.48. The van der Waals surface area contributed by atoms with Crippen molar-refractivity contribution < 1.29 is 9.84 Å². The van der Waals surface area contributed by atoms with Gasteiger partial charge in [0.25, 0.3) is 0 Å². The van der Waals surface area contributed by atoms with Gasteiger partial charge in [0.1, 0.15) is 11.9 Å². The highest BCUT2D eigenvalue weighted by Gasteiger charge is 2.35. The fourth-order valence-electron chi connectivity index (χ4n) is 4.20. The lowest BCUT2D eigenvalue weighted by molar-refractivity contribution is -0.0204. The Morgan fingerprint density at radius 2 is 2.12 bits per heavy atom. The molecule has 1 saturated heterocycles. The molecule has 2 unspecified atom stereocenters. The fraction of sp³-hybridized carbons (Fsp3) is 0.588. The number of hydrogen-bond acceptors (Lipinski definition) is 5. The monoisotopic (exact) mass is 358 g/mol. The molecule has 2 atom stereocenters. The van der Waals surface area contributed by atoms with Crippen molar-refractivity contribution in [1.29, 1.82) is 5.26 Å². The molecule has 3 heterocycles. The molecule has 0 radical (unpaired) electrons. The lowest BCUT2D eigenvalue weighted by atomic mass is 9.39. The SMILES string of the molecule is N#CB(c1nc(Cl)nc2c1ccn2C1CCC(CO)O1)C1CCCC1. The van der Waals surface area contributed by atoms with Gasteiger partial charge in [0.05, 0.1) is 12.7 Å². The van der Waals surface area contributed by atoms with Gasteiger partial charge < -0.3 is 14.4 Å². The first-order valence-corrected chi connectivity index (χ1v) is 9.29. The Bertz CT molecular complexity index is 815. The van der Waals surface area contributed by atoms with Gasteiger partial charge in [0.2, 0.25) is 5.28 Å². The summed E-state index contributed by atoms with van der Waals surface area (Å²) in [6.45, 7) is -0.231. The van der Waals surface area contributed by atoms with E-state index in [9.17, 15) is 10.4 Å². The molecule has 2 aromatic heterocycles. The third kappa shape index (κ3) is 3.03. The summed E-state index contributed by atoms with van der Waals surface area (Å²) in [5, 5.41) is 20.1. The molecule has 6 nitrogen and oxygen atoms in total. The van der Waals surface area contributed by atoms with E-state index in [0.29, 0.717) is 11.5 Å². The lowest BCUT2D eigenvalue weighted by Crippen LogP contribution is -2.36. The minimum Gasteiger partial charge on any atom is -0.394 e. The van der Waals surface area contributed by atoms with Gasteiger partial charge in [-0.05, 0) is 36.3 Å². The highest BCUT2D eigenvalue weighted by Crippen LogP contribution is 2.34. The van der Waals surface area contributed by atoms with Crippen LogP contribution in [-0.4, -0.2) is 39.1 Å². The zero-order chi connectivity index (χ0) is 17.4. The molecule has 2 fully saturated rings. The van der Waals surface area contributed by atoms with Crippen molar-refractivity contribution in [3.63, 3.8) is 0 Å². The summed E-state index contributed by atoms with van der Waals surface area (Å²) < 4.78 is 7.82. The quantitative estimate of drug-likeness (QED) is 0.670. The maximum absolute atomic E-state index is 9.76. The molecule has 0 amide bonds. The molecular formula is C17H20BClN4O2. The maximum Gasteiger partial charge on any atom is 0.326 e. The molecule has 1 aliphatic carbocycles. The number of hydrogen-bond donors (Lipinski definition) is 1. The summed E-state index contributed by atoms with van der Waals surface area (Å²) in [7, 11) is 0. The molecule has 25 heavy (non-hydrogen) atoms. The van der Waals surface area contributed by atoms with Crippen LogP contribution in [0, 0.1) is 11.2 Å². The number of halogens is 1. The average molecular weight is 359 g/mol. The largest absolute Gasteiger partial charge is 0.394 e. The van der Waals surface area contributed by atoms with E-state index >= 15 is 0 Å². The van der Waals surface area contributed by atoms with Crippen molar-refractivity contribution in [2.75, 3.05) is 6.61 Å². The minimum absolute atomic E-state index is 0.0227. The van der Waals surface area contributed by atoms with Gasteiger partial charge in [-0.1, -0.05) is 25.7 Å². The molecule has 2 aromatic rings. The van der Waals surface area contributed by atoms with Crippen LogP contribution >= 0.6 is 11.6 Å². The standard InChI is InChI=1S/C17H20BClN4O2/c19-17-21-15(18(10-20)11-3-1-2-4-11)13-7-8-23(16(13)22-17)14-6-5-12(9-24)25-14/h7-8,11-12,14,24H,1-6,9H2. The van der Waals surface area contributed by atoms with Gasteiger partial charge in [-0.3, -0.25) is 0 Å². The first-order valence-electron chi connectivity index (χ1n) is 8.91. The molecule has 0 spiro atoms. The second kappa shape index (κ2) is 6.95. The van der Waals surface area contributed by atoms with Gasteiger partial charge >= 0.3 is 6.71 Å². The second-order valence-corrected chi connectivity index (χ2v) is 7.30. The topological polar surface area (TPSA) is 84.0 Å². The van der Waals surface area contributed by atoms with Crippen molar-refractivity contribution in [2.24, 2.45) is 0 Å². The molecule has 2 aliphatic rings. The molecule has 1 aliphatic heterocycles. The molecular weight excluding hydrogens is 338 g/mol. The number of aliphatic hydroxyl groups is 1. The van der Waals surface area contributed by atoms with Gasteiger partial charge in [-0.2, -0.15) is 4.98 Å². The van der Waals surface area contributed by atoms with Crippen LogP contribution in [0.2, 0.25) is 11.1 Å². The van der Waals surface area contributed by atoms with E-state index in [-0.39, 0.29) is 30.9 Å². The number of rotatable bonds is 4. The van der Waals surface area contributed by atoms with Crippen molar-refractivity contribution in [3.05, 3.63) is 17.5 Å². The van der Waals surface area contributed by atoms with E-state index in [4.69, 9.17) is 16.3 Å². The van der Waals surface area contributed by atoms with Gasteiger partial charge in [0, 0.05) is 23.1 Å². The zero-order valence-corrected chi connectivity index (χ0v) is 14.7. The van der Waals surface area contributed by atoms with Crippen molar-refractivity contribution in [2.45, 2.75) is 56.7 Å². The van der Waals surface area contributed by atoms with Crippen LogP contribution in [0.15, 0.2) is 12.3 Å². The Balaban J connectivity index is 1.75. The van der Waals surface area contributed by atoms with Crippen LogP contribution in [-0.2, 0) is 4.74 Å². The smallest absolute Gasteiger partial charge is 0.326 e. The minimum atomic E-state index is -0.254. The highest BCUT2D eigenvalue weighted by molar-refractivity contribution is 6.82. The summed E-state index contributed by atoms with van der Waals surface area (Å²) in [6.07, 6.45) is 7.72. The van der Waals surface area contributed by atoms with Crippen LogP contribution in [0.3, 0.4) is 0 Å². The lowest BCUT2D eigenvalue weighted by Gasteiger charge is -2.16. The van der Waals surface area contributed by atoms with E-state index in [1.54, 1.807) is 0 Å². The van der Waals surface area contributed by atoms with E-state index in [1.807, 2.05) is 16.8 Å². The zero-order valence-electron chi connectivity index (χ0n) is 13.9. The Hall–Kier alpha value is -1.62. The average Bonchev–Trinajstić information content (AvgIpc) is 3.35. The van der Waals surface area contributed by atoms with Crippen LogP contribution in [0.25, 0.3) is 11.0 Å². The number of fused-ring (bicyclic) bond motifs is 1. The normalized spacial score (nSPS) is 24.0. The van der Waals surface area contributed by atoms with Gasteiger partial charge in [-0.15, -0.1) is 0 Å². The number of aliphatic hydroxyl groups excluding tert-OH is 1. The summed E-state index contributed by atoms with van der Waals surface area (Å²) in [5.74, 6) is 2.79. The Morgan fingerprint density at radius 1 is 1.32 bits per heavy atom. The van der Waals surface area contributed by atoms with Crippen LogP contribution in [0.4, 0.5) is 0 Å². The molecule has 0 bridgehead atoms. The van der Waals surface area contributed by atoms with Gasteiger partial charge in [-0.25, -0.2) is 10.2 Å². The Labute approximate surface area is 151 Å². The maximum atomic E-state index is 9.76. The number of nitriles is 1. The Morgan fingerprint density at radius 3 is 2.80 bits per heavy atom. The van der Waals surface area contributed by atoms with Crippen molar-refractivity contribution in [3.8, 4) is 5.97 Å². The highest BCUT2D eigenvalue weighted by atomic mass is 35.5. The summed E-state index contributed by atoms with van der Waals surface area (Å²) in [6, 6.07) is 1.95. The van der Waals surface area contributed by atoms with Gasteiger partial charge in [0.15, 0.2) is 0 Å². The predicted octanol–water partition coefficient (Wildman–Crippen LogP) is 2.46. The van der Waals surface area contributed by atoms with Crippen molar-refractivity contribution >= 4 is 34.9 Å². The van der Waals surface area contributed by atoms with E-state index in [0.717, 1.165) is 36.7 Å². The third-order valence-corrected chi connectivity index (χ3v) is 5.65. The Kier molecular flexibility index (Phi) is 4.68. The molecule has 0 aromatic carbocycles. The molecule has 8 heteroatoms. The van der Waals surface area contributed by atoms with E-state index in [2.05, 4.69) is 15.9 Å². The van der Waals surface area contributed by atoms with E-state index < -0.39 is 0 Å². The first kappa shape index (κ1) is 16.8. The number of ether oxygens (including phenoxy) is 1. The number of nitrogens with zero attached hydrogens (tertiary/aromatic N) is 4. The first-order chi connectivity index (χ1) is 12.2. The second-order valence-electron chi connectivity index (χ2n) is 6.96. The van der Waals surface area contributed by atoms with Crippen LogP contribution in [0.5, 0.6) is 0 Å². The van der Waals surface area contributed by atoms with Crippen LogP contribution < -0.4 is 5.59 Å². The number of aromatic nitrogens is 3. The predicted molar refractivity (Wildman–Crippen MR) is 96.0 cm³/mol. The molecule has 1 saturated carbocycles. The summed E-state index contributed by atoms with van der Waals surface area (Å²) in [5.41, 5.74) is 1.44. The summed E-state index contributed by atoms with van der Waals surface area (Å²) >= 11 is 6.20. The van der Waals surface area contributed by atoms with E-state index in [1.165, 1.54) is 12.8 Å². The molecule has 130 valence electrons. The molecule has 1 N–H and O–H groups in total. The summed E-state index contributed by atoms with van der Waals surface area (Å²) in [4.78, 5) is 8.83. The fourth-order valence-corrected chi connectivity index (χ4v) is 4.38.